The minimum Gasteiger partial charge on any atom is -0.497 e. The molecule has 0 atom stereocenters. The molecular weight excluding hydrogens is 287 g/mol. The van der Waals surface area contributed by atoms with Gasteiger partial charge in [-0.15, -0.1) is 0 Å². The Labute approximate surface area is 139 Å². The first kappa shape index (κ1) is 17.5. The van der Waals surface area contributed by atoms with Gasteiger partial charge in [0.25, 0.3) is 0 Å². The van der Waals surface area contributed by atoms with Gasteiger partial charge in [0.1, 0.15) is 11.6 Å². The van der Waals surface area contributed by atoms with Crippen LogP contribution in [0.2, 0.25) is 0 Å². The predicted octanol–water partition coefficient (Wildman–Crippen LogP) is 5.90. The molecular formula is C21H27FO. The van der Waals surface area contributed by atoms with Crippen LogP contribution in [0.1, 0.15) is 38.8 Å². The molecule has 2 aromatic carbocycles. The molecule has 0 aliphatic heterocycles. The zero-order chi connectivity index (χ0) is 17.0. The van der Waals surface area contributed by atoms with Gasteiger partial charge in [0, 0.05) is 5.56 Å². The van der Waals surface area contributed by atoms with Crippen molar-refractivity contribution < 1.29 is 9.13 Å². The first-order valence-electron chi connectivity index (χ1n) is 8.36. The van der Waals surface area contributed by atoms with E-state index in [0.717, 1.165) is 18.4 Å². The Morgan fingerprint density at radius 1 is 0.870 bits per heavy atom. The van der Waals surface area contributed by atoms with Crippen LogP contribution in [0.15, 0.2) is 36.4 Å². The molecule has 0 saturated heterocycles. The van der Waals surface area contributed by atoms with Crippen molar-refractivity contribution in [1.29, 1.82) is 0 Å². The second-order valence-corrected chi connectivity index (χ2v) is 7.03. The van der Waals surface area contributed by atoms with E-state index >= 15 is 0 Å². The van der Waals surface area contributed by atoms with Gasteiger partial charge in [0.2, 0.25) is 0 Å². The molecule has 0 spiro atoms. The summed E-state index contributed by atoms with van der Waals surface area (Å²) in [5.41, 5.74) is 4.13. The largest absolute Gasteiger partial charge is 0.497 e. The zero-order valence-corrected chi connectivity index (χ0v) is 14.8. The highest BCUT2D eigenvalue weighted by atomic mass is 19.1. The van der Waals surface area contributed by atoms with Gasteiger partial charge in [0.15, 0.2) is 0 Å². The number of hydrogen-bond acceptors (Lipinski definition) is 1. The van der Waals surface area contributed by atoms with Crippen molar-refractivity contribution in [1.82, 2.24) is 0 Å². The number of methoxy groups -OCH3 is 1. The maximum absolute atomic E-state index is 14.4. The van der Waals surface area contributed by atoms with Gasteiger partial charge in [-0.25, -0.2) is 4.39 Å². The van der Waals surface area contributed by atoms with Gasteiger partial charge in [-0.2, -0.15) is 0 Å². The molecule has 0 saturated carbocycles. The smallest absolute Gasteiger partial charge is 0.131 e. The topological polar surface area (TPSA) is 9.23 Å². The molecule has 0 fully saturated rings. The van der Waals surface area contributed by atoms with Crippen LogP contribution >= 0.6 is 0 Å². The maximum atomic E-state index is 14.4. The summed E-state index contributed by atoms with van der Waals surface area (Å²) in [5.74, 6) is 1.62. The molecule has 0 aliphatic carbocycles. The molecule has 0 heterocycles. The van der Waals surface area contributed by atoms with Crippen molar-refractivity contribution in [2.75, 3.05) is 7.11 Å². The maximum Gasteiger partial charge on any atom is 0.131 e. The predicted molar refractivity (Wildman–Crippen MR) is 95.5 cm³/mol. The van der Waals surface area contributed by atoms with Gasteiger partial charge in [0.05, 0.1) is 7.11 Å². The van der Waals surface area contributed by atoms with E-state index in [1.54, 1.807) is 19.2 Å². The van der Waals surface area contributed by atoms with Crippen LogP contribution in [0.3, 0.4) is 0 Å². The van der Waals surface area contributed by atoms with Crippen molar-refractivity contribution in [3.63, 3.8) is 0 Å². The van der Waals surface area contributed by atoms with E-state index in [0.29, 0.717) is 23.1 Å². The number of benzene rings is 2. The highest BCUT2D eigenvalue weighted by Crippen LogP contribution is 2.32. The van der Waals surface area contributed by atoms with Gasteiger partial charge in [-0.05, 0) is 59.6 Å². The van der Waals surface area contributed by atoms with Crippen molar-refractivity contribution in [2.45, 2.75) is 40.5 Å². The lowest BCUT2D eigenvalue weighted by Gasteiger charge is -2.16. The van der Waals surface area contributed by atoms with Gasteiger partial charge < -0.3 is 4.74 Å². The summed E-state index contributed by atoms with van der Waals surface area (Å²) < 4.78 is 19.6. The molecule has 0 amide bonds. The molecule has 0 bridgehead atoms. The first-order chi connectivity index (χ1) is 10.9. The highest BCUT2D eigenvalue weighted by Gasteiger charge is 2.13. The average Bonchev–Trinajstić information content (AvgIpc) is 2.47. The van der Waals surface area contributed by atoms with Crippen LogP contribution in [-0.4, -0.2) is 7.11 Å². The number of ether oxygens (including phenoxy) is 1. The third-order valence-corrected chi connectivity index (χ3v) is 3.91. The minimum absolute atomic E-state index is 0.201. The lowest BCUT2D eigenvalue weighted by molar-refractivity contribution is 0.414. The molecule has 0 unspecified atom stereocenters. The molecule has 2 rings (SSSR count). The van der Waals surface area contributed by atoms with E-state index in [9.17, 15) is 4.39 Å². The monoisotopic (exact) mass is 314 g/mol. The highest BCUT2D eigenvalue weighted by molar-refractivity contribution is 5.70. The molecule has 1 nitrogen and oxygen atoms in total. The quantitative estimate of drug-likeness (QED) is 0.645. The summed E-state index contributed by atoms with van der Waals surface area (Å²) in [7, 11) is 1.61. The Morgan fingerprint density at radius 3 is 2.17 bits per heavy atom. The van der Waals surface area contributed by atoms with E-state index in [4.69, 9.17) is 4.74 Å². The first-order valence-corrected chi connectivity index (χ1v) is 8.36. The third kappa shape index (κ3) is 4.57. The van der Waals surface area contributed by atoms with E-state index < -0.39 is 0 Å². The summed E-state index contributed by atoms with van der Waals surface area (Å²) in [6.07, 6.45) is 1.99. The van der Waals surface area contributed by atoms with Gasteiger partial charge in [-0.1, -0.05) is 45.9 Å². The Morgan fingerprint density at radius 2 is 1.57 bits per heavy atom. The summed E-state index contributed by atoms with van der Waals surface area (Å²) in [6, 6.07) is 11.4. The van der Waals surface area contributed by atoms with Crippen LogP contribution in [0.4, 0.5) is 4.39 Å². The van der Waals surface area contributed by atoms with E-state index in [-0.39, 0.29) is 5.82 Å². The number of hydrogen-bond donors (Lipinski definition) is 0. The third-order valence-electron chi connectivity index (χ3n) is 3.91. The van der Waals surface area contributed by atoms with Crippen LogP contribution in [-0.2, 0) is 12.8 Å². The Kier molecular flexibility index (Phi) is 5.81. The second kappa shape index (κ2) is 7.63. The molecule has 0 radical (unpaired) electrons. The van der Waals surface area contributed by atoms with Crippen LogP contribution in [0, 0.1) is 17.7 Å². The standard InChI is InChI=1S/C21H27FO/c1-14(2)10-16-6-8-19(17(12-16)11-15(3)4)20-13-18(23-5)7-9-21(20)22/h6-9,12-15H,10-11H2,1-5H3. The molecule has 23 heavy (non-hydrogen) atoms. The van der Waals surface area contributed by atoms with Gasteiger partial charge >= 0.3 is 0 Å². The van der Waals surface area contributed by atoms with Gasteiger partial charge in [-0.3, -0.25) is 0 Å². The summed E-state index contributed by atoms with van der Waals surface area (Å²) in [4.78, 5) is 0. The minimum atomic E-state index is -0.201. The fraction of sp³-hybridized carbons (Fsp3) is 0.429. The van der Waals surface area contributed by atoms with Crippen molar-refractivity contribution in [3.05, 3.63) is 53.3 Å². The molecule has 2 aromatic rings. The molecule has 0 aliphatic rings. The normalized spacial score (nSPS) is 11.3. The molecule has 124 valence electrons. The zero-order valence-electron chi connectivity index (χ0n) is 14.8. The summed E-state index contributed by atoms with van der Waals surface area (Å²) in [6.45, 7) is 8.83. The fourth-order valence-corrected chi connectivity index (χ4v) is 2.95. The fourth-order valence-electron chi connectivity index (χ4n) is 2.95. The molecule has 0 aromatic heterocycles. The summed E-state index contributed by atoms with van der Waals surface area (Å²) >= 11 is 0. The summed E-state index contributed by atoms with van der Waals surface area (Å²) in [5, 5.41) is 0. The lowest BCUT2D eigenvalue weighted by Crippen LogP contribution is -2.01. The average molecular weight is 314 g/mol. The Bertz CT molecular complexity index is 659. The molecule has 0 N–H and O–H groups in total. The van der Waals surface area contributed by atoms with Crippen LogP contribution in [0.5, 0.6) is 5.75 Å². The second-order valence-electron chi connectivity index (χ2n) is 7.03. The molecule has 2 heteroatoms. The van der Waals surface area contributed by atoms with Crippen molar-refractivity contribution in [3.8, 4) is 16.9 Å². The van der Waals surface area contributed by atoms with E-state index in [2.05, 4.69) is 45.9 Å². The Hall–Kier alpha value is -1.83. The van der Waals surface area contributed by atoms with E-state index in [1.165, 1.54) is 17.2 Å². The van der Waals surface area contributed by atoms with Crippen LogP contribution in [0.25, 0.3) is 11.1 Å². The number of halogens is 1. The SMILES string of the molecule is COc1ccc(F)c(-c2ccc(CC(C)C)cc2CC(C)C)c1. The van der Waals surface area contributed by atoms with Crippen LogP contribution < -0.4 is 4.74 Å². The number of rotatable bonds is 6. The van der Waals surface area contributed by atoms with Crippen molar-refractivity contribution >= 4 is 0 Å². The lowest BCUT2D eigenvalue weighted by atomic mass is 9.90. The van der Waals surface area contributed by atoms with Crippen molar-refractivity contribution in [2.24, 2.45) is 11.8 Å². The van der Waals surface area contributed by atoms with E-state index in [1.807, 2.05) is 0 Å². The Balaban J connectivity index is 2.52.